The average Bonchev–Trinajstić information content (AvgIpc) is 2.74. The fourth-order valence-electron chi connectivity index (χ4n) is 2.87. The number of fused-ring (bicyclic) bond motifs is 1. The van der Waals surface area contributed by atoms with Crippen molar-refractivity contribution in [3.8, 4) is 5.75 Å². The van der Waals surface area contributed by atoms with E-state index in [1.54, 1.807) is 7.11 Å². The van der Waals surface area contributed by atoms with Crippen molar-refractivity contribution in [2.24, 2.45) is 0 Å². The number of imidazole rings is 1. The van der Waals surface area contributed by atoms with Gasteiger partial charge < -0.3 is 19.8 Å². The third-order valence-electron chi connectivity index (χ3n) is 3.75. The lowest BCUT2D eigenvalue weighted by molar-refractivity contribution is 0.00714. The van der Waals surface area contributed by atoms with Crippen molar-refractivity contribution in [1.29, 1.82) is 0 Å². The van der Waals surface area contributed by atoms with E-state index in [1.165, 1.54) is 0 Å². The predicted molar refractivity (Wildman–Crippen MR) is 74.4 cm³/mol. The van der Waals surface area contributed by atoms with Crippen molar-refractivity contribution < 1.29 is 9.47 Å². The van der Waals surface area contributed by atoms with Gasteiger partial charge in [-0.25, -0.2) is 4.98 Å². The zero-order valence-electron chi connectivity index (χ0n) is 11.3. The van der Waals surface area contributed by atoms with Crippen LogP contribution in [-0.2, 0) is 4.74 Å². The van der Waals surface area contributed by atoms with E-state index < -0.39 is 0 Å². The Kier molecular flexibility index (Phi) is 3.06. The molecule has 19 heavy (non-hydrogen) atoms. The maximum atomic E-state index is 6.11. The summed E-state index contributed by atoms with van der Waals surface area (Å²) < 4.78 is 13.1. The predicted octanol–water partition coefficient (Wildman–Crippen LogP) is 2.37. The topological polar surface area (TPSA) is 62.3 Å². The van der Waals surface area contributed by atoms with E-state index in [-0.39, 0.29) is 6.10 Å². The third-order valence-corrected chi connectivity index (χ3v) is 3.75. The summed E-state index contributed by atoms with van der Waals surface area (Å²) >= 11 is 0. The van der Waals surface area contributed by atoms with Crippen LogP contribution in [-0.4, -0.2) is 29.4 Å². The van der Waals surface area contributed by atoms with Gasteiger partial charge in [0, 0.05) is 12.6 Å². The maximum Gasteiger partial charge on any atom is 0.201 e. The van der Waals surface area contributed by atoms with E-state index in [4.69, 9.17) is 15.2 Å². The van der Waals surface area contributed by atoms with Crippen molar-refractivity contribution in [3.63, 3.8) is 0 Å². The SMILES string of the molecule is COc1cccc2c1nc(N)n2C1CCOC(C)C1. The van der Waals surface area contributed by atoms with Crippen molar-refractivity contribution in [3.05, 3.63) is 18.2 Å². The lowest BCUT2D eigenvalue weighted by Gasteiger charge is -2.29. The molecule has 2 atom stereocenters. The van der Waals surface area contributed by atoms with Crippen LogP contribution in [0.2, 0.25) is 0 Å². The fraction of sp³-hybridized carbons (Fsp3) is 0.500. The van der Waals surface area contributed by atoms with Gasteiger partial charge in [-0.1, -0.05) is 6.07 Å². The molecule has 5 heteroatoms. The second-order valence-electron chi connectivity index (χ2n) is 5.03. The molecule has 1 aromatic heterocycles. The lowest BCUT2D eigenvalue weighted by Crippen LogP contribution is -2.26. The molecule has 0 saturated carbocycles. The third kappa shape index (κ3) is 2.04. The summed E-state index contributed by atoms with van der Waals surface area (Å²) in [4.78, 5) is 4.46. The van der Waals surface area contributed by atoms with Gasteiger partial charge in [0.25, 0.3) is 0 Å². The van der Waals surface area contributed by atoms with Gasteiger partial charge >= 0.3 is 0 Å². The van der Waals surface area contributed by atoms with E-state index in [9.17, 15) is 0 Å². The highest BCUT2D eigenvalue weighted by Crippen LogP contribution is 2.34. The summed E-state index contributed by atoms with van der Waals surface area (Å²) in [5.41, 5.74) is 7.98. The second-order valence-corrected chi connectivity index (χ2v) is 5.03. The average molecular weight is 261 g/mol. The molecule has 1 aliphatic rings. The molecule has 0 bridgehead atoms. The summed E-state index contributed by atoms with van der Waals surface area (Å²) in [5, 5.41) is 0. The van der Waals surface area contributed by atoms with E-state index in [1.807, 2.05) is 18.2 Å². The molecular formula is C14H19N3O2. The highest BCUT2D eigenvalue weighted by atomic mass is 16.5. The van der Waals surface area contributed by atoms with Crippen molar-refractivity contribution >= 4 is 17.0 Å². The van der Waals surface area contributed by atoms with Crippen LogP contribution in [0.5, 0.6) is 5.75 Å². The second kappa shape index (κ2) is 4.74. The first kappa shape index (κ1) is 12.3. The lowest BCUT2D eigenvalue weighted by atomic mass is 10.0. The molecule has 5 nitrogen and oxygen atoms in total. The van der Waals surface area contributed by atoms with Crippen molar-refractivity contribution in [2.75, 3.05) is 19.5 Å². The minimum Gasteiger partial charge on any atom is -0.494 e. The number of methoxy groups -OCH3 is 1. The standard InChI is InChI=1S/C14H19N3O2/c1-9-8-10(6-7-19-9)17-11-4-3-5-12(18-2)13(11)16-14(17)15/h3-5,9-10H,6-8H2,1-2H3,(H2,15,16). The van der Waals surface area contributed by atoms with Gasteiger partial charge in [0.2, 0.25) is 5.95 Å². The zero-order chi connectivity index (χ0) is 13.4. The number of ether oxygens (including phenoxy) is 2. The molecule has 102 valence electrons. The number of anilines is 1. The van der Waals surface area contributed by atoms with Gasteiger partial charge in [0.05, 0.1) is 18.7 Å². The zero-order valence-corrected chi connectivity index (χ0v) is 11.3. The molecule has 0 radical (unpaired) electrons. The van der Waals surface area contributed by atoms with Gasteiger partial charge in [-0.2, -0.15) is 0 Å². The van der Waals surface area contributed by atoms with Crippen LogP contribution < -0.4 is 10.5 Å². The number of rotatable bonds is 2. The smallest absolute Gasteiger partial charge is 0.201 e. The first-order valence-corrected chi connectivity index (χ1v) is 6.62. The largest absolute Gasteiger partial charge is 0.494 e. The van der Waals surface area contributed by atoms with Gasteiger partial charge in [-0.15, -0.1) is 0 Å². The molecular weight excluding hydrogens is 242 g/mol. The Morgan fingerprint density at radius 1 is 1.47 bits per heavy atom. The van der Waals surface area contributed by atoms with Gasteiger partial charge in [-0.05, 0) is 31.9 Å². The van der Waals surface area contributed by atoms with Crippen LogP contribution in [0.4, 0.5) is 5.95 Å². The summed E-state index contributed by atoms with van der Waals surface area (Å²) in [6.07, 6.45) is 2.20. The van der Waals surface area contributed by atoms with Crippen LogP contribution in [0.3, 0.4) is 0 Å². The Bertz CT molecular complexity index is 594. The van der Waals surface area contributed by atoms with E-state index in [0.29, 0.717) is 12.0 Å². The van der Waals surface area contributed by atoms with Gasteiger partial charge in [0.1, 0.15) is 11.3 Å². The normalized spacial score (nSPS) is 23.7. The molecule has 2 aromatic rings. The van der Waals surface area contributed by atoms with Crippen LogP contribution in [0.15, 0.2) is 18.2 Å². The molecule has 1 aliphatic heterocycles. The minimum atomic E-state index is 0.265. The molecule has 1 saturated heterocycles. The maximum absolute atomic E-state index is 6.11. The Hall–Kier alpha value is -1.75. The number of hydrogen-bond acceptors (Lipinski definition) is 4. The van der Waals surface area contributed by atoms with Crippen LogP contribution in [0.25, 0.3) is 11.0 Å². The Balaban J connectivity index is 2.10. The molecule has 2 heterocycles. The Morgan fingerprint density at radius 3 is 3.05 bits per heavy atom. The molecule has 0 amide bonds. The summed E-state index contributed by atoms with van der Waals surface area (Å²) in [6, 6.07) is 6.27. The molecule has 1 aromatic carbocycles. The van der Waals surface area contributed by atoms with Crippen molar-refractivity contribution in [1.82, 2.24) is 9.55 Å². The van der Waals surface area contributed by atoms with Crippen molar-refractivity contribution in [2.45, 2.75) is 31.9 Å². The van der Waals surface area contributed by atoms with E-state index in [2.05, 4.69) is 16.5 Å². The first-order valence-electron chi connectivity index (χ1n) is 6.62. The molecule has 3 rings (SSSR count). The van der Waals surface area contributed by atoms with Crippen LogP contribution in [0.1, 0.15) is 25.8 Å². The minimum absolute atomic E-state index is 0.265. The number of nitrogens with zero attached hydrogens (tertiary/aromatic N) is 2. The van der Waals surface area contributed by atoms with Crippen LogP contribution in [0, 0.1) is 0 Å². The Morgan fingerprint density at radius 2 is 2.32 bits per heavy atom. The number of para-hydroxylation sites is 1. The molecule has 1 fully saturated rings. The first-order chi connectivity index (χ1) is 9.20. The summed E-state index contributed by atoms with van der Waals surface area (Å²) in [6.45, 7) is 2.87. The van der Waals surface area contributed by atoms with Crippen LogP contribution >= 0.6 is 0 Å². The number of hydrogen-bond donors (Lipinski definition) is 1. The monoisotopic (exact) mass is 261 g/mol. The number of nitrogens with two attached hydrogens (primary N) is 1. The van der Waals surface area contributed by atoms with E-state index >= 15 is 0 Å². The molecule has 0 spiro atoms. The summed E-state index contributed by atoms with van der Waals surface area (Å²) in [5.74, 6) is 1.32. The summed E-state index contributed by atoms with van der Waals surface area (Å²) in [7, 11) is 1.65. The highest BCUT2D eigenvalue weighted by Gasteiger charge is 2.24. The quantitative estimate of drug-likeness (QED) is 0.901. The van der Waals surface area contributed by atoms with Gasteiger partial charge in [0.15, 0.2) is 0 Å². The molecule has 2 N–H and O–H groups in total. The van der Waals surface area contributed by atoms with Gasteiger partial charge in [-0.3, -0.25) is 0 Å². The fourth-order valence-corrected chi connectivity index (χ4v) is 2.87. The number of benzene rings is 1. The molecule has 2 unspecified atom stereocenters. The van der Waals surface area contributed by atoms with E-state index in [0.717, 1.165) is 36.2 Å². The number of aromatic nitrogens is 2. The molecule has 0 aliphatic carbocycles. The number of nitrogen functional groups attached to an aromatic ring is 1. The Labute approximate surface area is 112 Å². The highest BCUT2D eigenvalue weighted by molar-refractivity contribution is 5.84.